The van der Waals surface area contributed by atoms with Crippen molar-refractivity contribution < 1.29 is 4.79 Å². The highest BCUT2D eigenvalue weighted by Crippen LogP contribution is 2.31. The van der Waals surface area contributed by atoms with Crippen LogP contribution in [0.15, 0.2) is 54.9 Å². The quantitative estimate of drug-likeness (QED) is 0.580. The number of likely N-dealkylation sites (tertiary alicyclic amines) is 1. The summed E-state index contributed by atoms with van der Waals surface area (Å²) in [5.41, 5.74) is 4.60. The minimum absolute atomic E-state index is 0.190. The molecular formula is C25H29N7O. The molecule has 170 valence electrons. The van der Waals surface area contributed by atoms with Crippen molar-refractivity contribution in [3.63, 3.8) is 0 Å². The normalized spacial score (nSPS) is 17.4. The van der Waals surface area contributed by atoms with Gasteiger partial charge >= 0.3 is 0 Å². The summed E-state index contributed by atoms with van der Waals surface area (Å²) >= 11 is 0. The maximum absolute atomic E-state index is 13.0. The second-order valence-electron chi connectivity index (χ2n) is 8.50. The van der Waals surface area contributed by atoms with Gasteiger partial charge in [0.1, 0.15) is 6.04 Å². The lowest BCUT2D eigenvalue weighted by Gasteiger charge is -2.45. The molecule has 4 heterocycles. The van der Waals surface area contributed by atoms with Crippen molar-refractivity contribution in [3.8, 4) is 11.4 Å². The van der Waals surface area contributed by atoms with Crippen molar-refractivity contribution in [2.45, 2.75) is 32.4 Å². The zero-order valence-electron chi connectivity index (χ0n) is 19.0. The molecule has 5 rings (SSSR count). The maximum atomic E-state index is 13.0. The van der Waals surface area contributed by atoms with Crippen LogP contribution in [0.4, 0.5) is 17.3 Å². The van der Waals surface area contributed by atoms with E-state index in [1.165, 1.54) is 0 Å². The van der Waals surface area contributed by atoms with Crippen molar-refractivity contribution in [2.75, 3.05) is 36.8 Å². The average molecular weight is 444 g/mol. The second-order valence-corrected chi connectivity index (χ2v) is 8.50. The first-order valence-corrected chi connectivity index (χ1v) is 11.6. The van der Waals surface area contributed by atoms with Crippen LogP contribution in [0.5, 0.6) is 0 Å². The largest absolute Gasteiger partial charge is 0.373 e. The third-order valence-corrected chi connectivity index (χ3v) is 6.50. The second kappa shape index (κ2) is 9.15. The van der Waals surface area contributed by atoms with Gasteiger partial charge in [-0.2, -0.15) is 0 Å². The van der Waals surface area contributed by atoms with Gasteiger partial charge in [-0.1, -0.05) is 19.9 Å². The number of fused-ring (bicyclic) bond motifs is 1. The molecule has 33 heavy (non-hydrogen) atoms. The van der Waals surface area contributed by atoms with Crippen molar-refractivity contribution >= 4 is 23.2 Å². The van der Waals surface area contributed by atoms with E-state index in [1.54, 1.807) is 12.4 Å². The average Bonchev–Trinajstić information content (AvgIpc) is 3.25. The van der Waals surface area contributed by atoms with Crippen LogP contribution in [0, 0.1) is 0 Å². The topological polar surface area (TPSA) is 86.3 Å². The lowest BCUT2D eigenvalue weighted by molar-refractivity contribution is -0.139. The van der Waals surface area contributed by atoms with Gasteiger partial charge in [-0.05, 0) is 55.1 Å². The summed E-state index contributed by atoms with van der Waals surface area (Å²) in [6.45, 7) is 8.06. The van der Waals surface area contributed by atoms with Gasteiger partial charge in [0.05, 0.1) is 11.4 Å². The van der Waals surface area contributed by atoms with Crippen LogP contribution in [-0.4, -0.2) is 68.9 Å². The molecule has 8 nitrogen and oxygen atoms in total. The van der Waals surface area contributed by atoms with Crippen molar-refractivity contribution in [2.24, 2.45) is 0 Å². The highest BCUT2D eigenvalue weighted by atomic mass is 16.2. The van der Waals surface area contributed by atoms with Gasteiger partial charge in [0.15, 0.2) is 0 Å². The summed E-state index contributed by atoms with van der Waals surface area (Å²) in [7, 11) is 0. The first-order chi connectivity index (χ1) is 16.1. The molecule has 0 aliphatic carbocycles. The molecule has 0 radical (unpaired) electrons. The van der Waals surface area contributed by atoms with E-state index in [4.69, 9.17) is 0 Å². The molecule has 1 atom stereocenters. The number of pyridine rings is 1. The van der Waals surface area contributed by atoms with Crippen molar-refractivity contribution in [1.82, 2.24) is 24.8 Å². The smallest absolute Gasteiger partial charge is 0.245 e. The highest BCUT2D eigenvalue weighted by molar-refractivity contribution is 5.88. The van der Waals surface area contributed by atoms with Crippen LogP contribution in [0.3, 0.4) is 0 Å². The van der Waals surface area contributed by atoms with Gasteiger partial charge in [-0.3, -0.25) is 14.7 Å². The summed E-state index contributed by atoms with van der Waals surface area (Å²) in [6.07, 6.45) is 4.16. The highest BCUT2D eigenvalue weighted by Gasteiger charge is 2.38. The molecule has 2 N–H and O–H groups in total. The van der Waals surface area contributed by atoms with E-state index in [0.717, 1.165) is 54.5 Å². The summed E-state index contributed by atoms with van der Waals surface area (Å²) in [6, 6.07) is 13.9. The number of carbonyl (C=O) groups excluding carboxylic acids is 1. The molecule has 1 aromatic carbocycles. The number of nitrogens with zero attached hydrogens (tertiary/aromatic N) is 5. The molecule has 0 bridgehead atoms. The van der Waals surface area contributed by atoms with Gasteiger partial charge in [-0.15, -0.1) is 0 Å². The van der Waals surface area contributed by atoms with E-state index in [1.807, 2.05) is 41.3 Å². The fourth-order valence-corrected chi connectivity index (χ4v) is 4.62. The predicted molar refractivity (Wildman–Crippen MR) is 129 cm³/mol. The van der Waals surface area contributed by atoms with Crippen LogP contribution in [0.1, 0.15) is 19.4 Å². The molecule has 1 fully saturated rings. The van der Waals surface area contributed by atoms with Crippen LogP contribution >= 0.6 is 0 Å². The SMILES string of the molecule is CCN(CC)C1CN(C(=O)C2Cc3cc(Nc4nccc(-c5ccccn5)n4)ccc3N2)C1. The minimum Gasteiger partial charge on any atom is -0.373 e. The lowest BCUT2D eigenvalue weighted by atomic mass is 10.0. The molecule has 2 aromatic heterocycles. The summed E-state index contributed by atoms with van der Waals surface area (Å²) in [5, 5.41) is 6.69. The van der Waals surface area contributed by atoms with Crippen LogP contribution < -0.4 is 10.6 Å². The predicted octanol–water partition coefficient (Wildman–Crippen LogP) is 3.17. The van der Waals surface area contributed by atoms with E-state index in [2.05, 4.69) is 50.4 Å². The zero-order chi connectivity index (χ0) is 22.8. The molecule has 2 aliphatic heterocycles. The fraction of sp³-hybridized carbons (Fsp3) is 0.360. The number of likely N-dealkylation sites (N-methyl/N-ethyl adjacent to an activating group) is 1. The van der Waals surface area contributed by atoms with E-state index >= 15 is 0 Å². The Bertz CT molecular complexity index is 1130. The summed E-state index contributed by atoms with van der Waals surface area (Å²) in [4.78, 5) is 30.7. The molecule has 2 aliphatic rings. The van der Waals surface area contributed by atoms with Gasteiger partial charge in [-0.25, -0.2) is 9.97 Å². The number of carbonyl (C=O) groups is 1. The van der Waals surface area contributed by atoms with Gasteiger partial charge in [0, 0.05) is 49.3 Å². The molecule has 3 aromatic rings. The number of nitrogens with one attached hydrogen (secondary N) is 2. The Morgan fingerprint density at radius 3 is 2.70 bits per heavy atom. The molecule has 1 unspecified atom stereocenters. The number of rotatable bonds is 7. The lowest BCUT2D eigenvalue weighted by Crippen LogP contribution is -2.63. The van der Waals surface area contributed by atoms with Gasteiger partial charge in [0.2, 0.25) is 11.9 Å². The zero-order valence-corrected chi connectivity index (χ0v) is 19.0. The Hall–Kier alpha value is -3.52. The van der Waals surface area contributed by atoms with E-state index < -0.39 is 0 Å². The van der Waals surface area contributed by atoms with Crippen LogP contribution in [0.25, 0.3) is 11.4 Å². The van der Waals surface area contributed by atoms with Gasteiger partial charge in [0.25, 0.3) is 0 Å². The summed E-state index contributed by atoms with van der Waals surface area (Å²) < 4.78 is 0. The standard InChI is InChI=1S/C25H29N7O/c1-3-31(4-2)19-15-32(16-19)24(33)23-14-17-13-18(8-9-20(17)29-23)28-25-27-12-10-22(30-25)21-7-5-6-11-26-21/h5-13,19,23,29H,3-4,14-16H2,1-2H3,(H,27,28,30). The molecule has 1 saturated heterocycles. The molecule has 8 heteroatoms. The number of amides is 1. The van der Waals surface area contributed by atoms with Crippen LogP contribution in [-0.2, 0) is 11.2 Å². The van der Waals surface area contributed by atoms with Crippen molar-refractivity contribution in [3.05, 3.63) is 60.4 Å². The number of anilines is 3. The Labute approximate surface area is 194 Å². The molecule has 0 spiro atoms. The number of benzene rings is 1. The Morgan fingerprint density at radius 2 is 1.94 bits per heavy atom. The first-order valence-electron chi connectivity index (χ1n) is 11.6. The summed E-state index contributed by atoms with van der Waals surface area (Å²) in [5.74, 6) is 0.704. The van der Waals surface area contributed by atoms with Crippen molar-refractivity contribution in [1.29, 1.82) is 0 Å². The Balaban J connectivity index is 1.22. The minimum atomic E-state index is -0.198. The number of hydrogen-bond donors (Lipinski definition) is 2. The molecule has 0 saturated carbocycles. The number of aromatic nitrogens is 3. The van der Waals surface area contributed by atoms with Crippen LogP contribution in [0.2, 0.25) is 0 Å². The molecular weight excluding hydrogens is 414 g/mol. The Morgan fingerprint density at radius 1 is 1.09 bits per heavy atom. The third-order valence-electron chi connectivity index (χ3n) is 6.50. The Kier molecular flexibility index (Phi) is 5.92. The van der Waals surface area contributed by atoms with E-state index in [0.29, 0.717) is 18.4 Å². The van der Waals surface area contributed by atoms with E-state index in [9.17, 15) is 4.79 Å². The van der Waals surface area contributed by atoms with E-state index in [-0.39, 0.29) is 11.9 Å². The maximum Gasteiger partial charge on any atom is 0.245 e. The fourth-order valence-electron chi connectivity index (χ4n) is 4.62. The number of hydrogen-bond acceptors (Lipinski definition) is 7. The monoisotopic (exact) mass is 443 g/mol. The first kappa shape index (κ1) is 21.3. The third kappa shape index (κ3) is 4.39. The molecule has 1 amide bonds. The van der Waals surface area contributed by atoms with Gasteiger partial charge < -0.3 is 15.5 Å².